The molecule has 0 aliphatic carbocycles. The van der Waals surface area contributed by atoms with E-state index in [1.807, 2.05) is 0 Å². The molecule has 0 fully saturated rings. The van der Waals surface area contributed by atoms with Crippen LogP contribution in [-0.4, -0.2) is 0 Å². The first kappa shape index (κ1) is 22.4. The smallest absolute Gasteiger partial charge is 0.0752 e. The van der Waals surface area contributed by atoms with Gasteiger partial charge in [-0.05, 0) is 59.7 Å². The van der Waals surface area contributed by atoms with Crippen molar-refractivity contribution in [2.45, 2.75) is 78.1 Å². The fourth-order valence-electron chi connectivity index (χ4n) is 3.59. The van der Waals surface area contributed by atoms with E-state index in [4.69, 9.17) is 11.5 Å². The molecular weight excluding hydrogens is 412 g/mol. The summed E-state index contributed by atoms with van der Waals surface area (Å²) in [7, 11) is 0. The molecule has 0 radical (unpaired) electrons. The number of hydrogen-bond donors (Lipinski definition) is 2. The largest absolute Gasteiger partial charge is 0.396 e. The molecule has 29 heavy (non-hydrogen) atoms. The molecule has 4 N–H and O–H groups in total. The van der Waals surface area contributed by atoms with E-state index in [9.17, 15) is 0 Å². The van der Waals surface area contributed by atoms with Crippen molar-refractivity contribution in [3.63, 3.8) is 0 Å². The van der Waals surface area contributed by atoms with Crippen LogP contribution in [0.4, 0.5) is 11.4 Å². The number of thiophene rings is 3. The van der Waals surface area contributed by atoms with Crippen LogP contribution < -0.4 is 11.5 Å². The maximum Gasteiger partial charge on any atom is 0.0752 e. The standard InChI is InChI=1S/C24H34N2S3/c1-3-5-7-9-11-17-13-19(27-15-17)23-21(25)22(26)24(29-23)20-14-18(16-28-20)12-10-8-6-4-2/h13-16H,3-12,25-26H2,1-2H3. The summed E-state index contributed by atoms with van der Waals surface area (Å²) in [5.41, 5.74) is 17.2. The third-order valence-electron chi connectivity index (χ3n) is 5.38. The maximum atomic E-state index is 6.44. The van der Waals surface area contributed by atoms with E-state index in [-0.39, 0.29) is 0 Å². The van der Waals surface area contributed by atoms with Gasteiger partial charge in [0, 0.05) is 9.75 Å². The summed E-state index contributed by atoms with van der Waals surface area (Å²) in [5.74, 6) is 0. The van der Waals surface area contributed by atoms with Gasteiger partial charge in [0.1, 0.15) is 0 Å². The molecule has 0 atom stereocenters. The first-order valence-electron chi connectivity index (χ1n) is 11.0. The second kappa shape index (κ2) is 11.2. The highest BCUT2D eigenvalue weighted by atomic mass is 32.1. The minimum atomic E-state index is 0.752. The van der Waals surface area contributed by atoms with E-state index in [0.717, 1.165) is 34.0 Å². The molecular formula is C24H34N2S3. The molecule has 3 heterocycles. The Hall–Kier alpha value is -1.30. The fraction of sp³-hybridized carbons (Fsp3) is 0.500. The third kappa shape index (κ3) is 5.87. The third-order valence-corrected chi connectivity index (χ3v) is 8.92. The van der Waals surface area contributed by atoms with E-state index >= 15 is 0 Å². The van der Waals surface area contributed by atoms with Crippen LogP contribution in [0.15, 0.2) is 22.9 Å². The van der Waals surface area contributed by atoms with Crippen LogP contribution in [0.25, 0.3) is 19.5 Å². The molecule has 0 spiro atoms. The average molecular weight is 447 g/mol. The number of unbranched alkanes of at least 4 members (excludes halogenated alkanes) is 6. The van der Waals surface area contributed by atoms with Crippen LogP contribution in [0, 0.1) is 0 Å². The number of aryl methyl sites for hydroxylation is 2. The molecule has 0 bridgehead atoms. The number of hydrogen-bond acceptors (Lipinski definition) is 5. The summed E-state index contributed by atoms with van der Waals surface area (Å²) in [6, 6.07) is 4.63. The minimum Gasteiger partial charge on any atom is -0.396 e. The molecule has 3 rings (SSSR count). The molecule has 3 aromatic rings. The molecule has 158 valence electrons. The summed E-state index contributed by atoms with van der Waals surface area (Å²) in [6.07, 6.45) is 12.7. The van der Waals surface area contributed by atoms with Crippen molar-refractivity contribution in [2.24, 2.45) is 0 Å². The van der Waals surface area contributed by atoms with Gasteiger partial charge in [-0.2, -0.15) is 0 Å². The predicted molar refractivity (Wildman–Crippen MR) is 135 cm³/mol. The second-order valence-corrected chi connectivity index (χ2v) is 10.7. The Morgan fingerprint density at radius 3 is 1.52 bits per heavy atom. The normalized spacial score (nSPS) is 11.4. The molecule has 3 aromatic heterocycles. The monoisotopic (exact) mass is 446 g/mol. The molecule has 0 unspecified atom stereocenters. The van der Waals surface area contributed by atoms with Gasteiger partial charge in [-0.1, -0.05) is 52.4 Å². The molecule has 0 aliphatic heterocycles. The van der Waals surface area contributed by atoms with Crippen LogP contribution in [-0.2, 0) is 12.8 Å². The lowest BCUT2D eigenvalue weighted by atomic mass is 10.1. The van der Waals surface area contributed by atoms with Gasteiger partial charge in [0.25, 0.3) is 0 Å². The van der Waals surface area contributed by atoms with Gasteiger partial charge < -0.3 is 11.5 Å². The topological polar surface area (TPSA) is 52.0 Å². The van der Waals surface area contributed by atoms with Gasteiger partial charge in [0.2, 0.25) is 0 Å². The number of anilines is 2. The SMILES string of the molecule is CCCCCCc1csc(-c2sc(-c3cc(CCCCCC)cs3)c(N)c2N)c1. The van der Waals surface area contributed by atoms with Gasteiger partial charge in [-0.25, -0.2) is 0 Å². The van der Waals surface area contributed by atoms with Gasteiger partial charge >= 0.3 is 0 Å². The van der Waals surface area contributed by atoms with Gasteiger partial charge in [0.15, 0.2) is 0 Å². The van der Waals surface area contributed by atoms with Crippen molar-refractivity contribution in [3.8, 4) is 19.5 Å². The van der Waals surface area contributed by atoms with E-state index < -0.39 is 0 Å². The van der Waals surface area contributed by atoms with Crippen molar-refractivity contribution in [1.29, 1.82) is 0 Å². The molecule has 2 nitrogen and oxygen atoms in total. The maximum absolute atomic E-state index is 6.44. The van der Waals surface area contributed by atoms with E-state index in [1.165, 1.54) is 72.2 Å². The van der Waals surface area contributed by atoms with Crippen LogP contribution in [0.5, 0.6) is 0 Å². The Balaban J connectivity index is 1.70. The highest BCUT2D eigenvalue weighted by molar-refractivity contribution is 7.27. The van der Waals surface area contributed by atoms with E-state index in [1.54, 1.807) is 34.0 Å². The quantitative estimate of drug-likeness (QED) is 0.274. The second-order valence-electron chi connectivity index (χ2n) is 7.85. The van der Waals surface area contributed by atoms with Crippen LogP contribution >= 0.6 is 34.0 Å². The molecule has 0 aromatic carbocycles. The zero-order chi connectivity index (χ0) is 20.6. The summed E-state index contributed by atoms with van der Waals surface area (Å²) >= 11 is 5.35. The Labute approximate surface area is 188 Å². The van der Waals surface area contributed by atoms with Gasteiger partial charge in [0.05, 0.1) is 21.1 Å². The van der Waals surface area contributed by atoms with Crippen LogP contribution in [0.3, 0.4) is 0 Å². The Morgan fingerprint density at radius 2 is 1.10 bits per heavy atom. The van der Waals surface area contributed by atoms with Crippen molar-refractivity contribution >= 4 is 45.4 Å². The first-order valence-corrected chi connectivity index (χ1v) is 13.5. The van der Waals surface area contributed by atoms with Crippen LogP contribution in [0.1, 0.15) is 76.3 Å². The molecule has 0 amide bonds. The first-order chi connectivity index (χ1) is 14.1. The van der Waals surface area contributed by atoms with E-state index in [2.05, 4.69) is 36.7 Å². The lowest BCUT2D eigenvalue weighted by Gasteiger charge is -1.98. The lowest BCUT2D eigenvalue weighted by molar-refractivity contribution is 0.667. The Kier molecular flexibility index (Phi) is 8.64. The summed E-state index contributed by atoms with van der Waals surface area (Å²) in [5, 5.41) is 4.58. The predicted octanol–water partition coefficient (Wildman–Crippen LogP) is 8.62. The van der Waals surface area contributed by atoms with Gasteiger partial charge in [-0.3, -0.25) is 0 Å². The molecule has 0 saturated heterocycles. The average Bonchev–Trinajstić information content (AvgIpc) is 3.44. The summed E-state index contributed by atoms with van der Waals surface area (Å²) in [4.78, 5) is 4.79. The van der Waals surface area contributed by atoms with Crippen LogP contribution in [0.2, 0.25) is 0 Å². The molecule has 0 aliphatic rings. The van der Waals surface area contributed by atoms with Crippen molar-refractivity contribution in [2.75, 3.05) is 11.5 Å². The Bertz CT molecular complexity index is 817. The summed E-state index contributed by atoms with van der Waals surface area (Å²) in [6.45, 7) is 4.51. The highest BCUT2D eigenvalue weighted by Crippen LogP contribution is 2.49. The lowest BCUT2D eigenvalue weighted by Crippen LogP contribution is -1.92. The van der Waals surface area contributed by atoms with E-state index in [0.29, 0.717) is 0 Å². The van der Waals surface area contributed by atoms with Crippen molar-refractivity contribution in [1.82, 2.24) is 0 Å². The van der Waals surface area contributed by atoms with Crippen molar-refractivity contribution < 1.29 is 0 Å². The molecule has 5 heteroatoms. The summed E-state index contributed by atoms with van der Waals surface area (Å²) < 4.78 is 0. The highest BCUT2D eigenvalue weighted by Gasteiger charge is 2.19. The van der Waals surface area contributed by atoms with Crippen molar-refractivity contribution in [3.05, 3.63) is 34.0 Å². The Morgan fingerprint density at radius 1 is 0.655 bits per heavy atom. The minimum absolute atomic E-state index is 0.752. The molecule has 0 saturated carbocycles. The fourth-order valence-corrected chi connectivity index (χ4v) is 6.89. The zero-order valence-electron chi connectivity index (χ0n) is 17.8. The number of nitrogens with two attached hydrogens (primary N) is 2. The zero-order valence-corrected chi connectivity index (χ0v) is 20.2. The number of nitrogen functional groups attached to an aromatic ring is 2. The van der Waals surface area contributed by atoms with Gasteiger partial charge in [-0.15, -0.1) is 34.0 Å². The number of rotatable bonds is 12.